The van der Waals surface area contributed by atoms with E-state index in [0.29, 0.717) is 0 Å². The maximum absolute atomic E-state index is 5.13. The third kappa shape index (κ3) is 3.56. The summed E-state index contributed by atoms with van der Waals surface area (Å²) in [5.41, 5.74) is 1.27. The second kappa shape index (κ2) is 6.90. The average Bonchev–Trinajstić information content (AvgIpc) is 2.73. The predicted octanol–water partition coefficient (Wildman–Crippen LogP) is 1.77. The van der Waals surface area contributed by atoms with Gasteiger partial charge in [-0.3, -0.25) is 0 Å². The van der Waals surface area contributed by atoms with E-state index >= 15 is 0 Å². The highest BCUT2D eigenvalue weighted by Gasteiger charge is 2.17. The molecule has 1 fully saturated rings. The lowest BCUT2D eigenvalue weighted by atomic mass is 9.94. The molecule has 1 aliphatic rings. The van der Waals surface area contributed by atoms with Crippen LogP contribution in [0.15, 0.2) is 6.20 Å². The molecule has 0 unspecified atom stereocenters. The van der Waals surface area contributed by atoms with Crippen molar-refractivity contribution in [1.82, 2.24) is 14.9 Å². The van der Waals surface area contributed by atoms with Crippen molar-refractivity contribution in [3.05, 3.63) is 17.7 Å². The van der Waals surface area contributed by atoms with Gasteiger partial charge in [-0.1, -0.05) is 0 Å². The molecule has 4 nitrogen and oxygen atoms in total. The first-order valence-electron chi connectivity index (χ1n) is 7.02. The molecule has 1 N–H and O–H groups in total. The fourth-order valence-corrected chi connectivity index (χ4v) is 2.69. The zero-order valence-electron chi connectivity index (χ0n) is 11.6. The van der Waals surface area contributed by atoms with Crippen LogP contribution < -0.4 is 5.32 Å². The minimum Gasteiger partial charge on any atom is -0.385 e. The van der Waals surface area contributed by atoms with Crippen molar-refractivity contribution >= 4 is 0 Å². The lowest BCUT2D eigenvalue weighted by Gasteiger charge is -2.22. The molecule has 1 aliphatic heterocycles. The SMILES string of the molecule is COCCCn1c(C)cnc1CC1CCNCC1. The summed E-state index contributed by atoms with van der Waals surface area (Å²) < 4.78 is 7.49. The van der Waals surface area contributed by atoms with Gasteiger partial charge in [-0.15, -0.1) is 0 Å². The molecule has 0 aromatic carbocycles. The second-order valence-electron chi connectivity index (χ2n) is 5.21. The lowest BCUT2D eigenvalue weighted by molar-refractivity contribution is 0.189. The van der Waals surface area contributed by atoms with Gasteiger partial charge >= 0.3 is 0 Å². The molecule has 2 rings (SSSR count). The van der Waals surface area contributed by atoms with E-state index in [1.165, 1.54) is 24.4 Å². The van der Waals surface area contributed by atoms with Gasteiger partial charge in [0.25, 0.3) is 0 Å². The Hall–Kier alpha value is -0.870. The predicted molar refractivity (Wildman–Crippen MR) is 72.8 cm³/mol. The van der Waals surface area contributed by atoms with E-state index in [1.807, 2.05) is 6.20 Å². The molecule has 0 amide bonds. The number of nitrogens with one attached hydrogen (secondary N) is 1. The first-order chi connectivity index (χ1) is 8.81. The van der Waals surface area contributed by atoms with Crippen LogP contribution in [-0.4, -0.2) is 36.4 Å². The molecular formula is C14H25N3O. The van der Waals surface area contributed by atoms with Gasteiger partial charge in [0, 0.05) is 38.6 Å². The van der Waals surface area contributed by atoms with E-state index in [4.69, 9.17) is 4.74 Å². The van der Waals surface area contributed by atoms with Crippen molar-refractivity contribution < 1.29 is 4.74 Å². The van der Waals surface area contributed by atoms with Crippen LogP contribution in [0.5, 0.6) is 0 Å². The smallest absolute Gasteiger partial charge is 0.109 e. The highest BCUT2D eigenvalue weighted by Crippen LogP contribution is 2.18. The number of piperidine rings is 1. The third-order valence-electron chi connectivity index (χ3n) is 3.80. The Morgan fingerprint density at radius 1 is 1.44 bits per heavy atom. The number of methoxy groups -OCH3 is 1. The van der Waals surface area contributed by atoms with E-state index in [9.17, 15) is 0 Å². The molecule has 2 heterocycles. The number of hydrogen-bond donors (Lipinski definition) is 1. The van der Waals surface area contributed by atoms with Crippen LogP contribution in [-0.2, 0) is 17.7 Å². The third-order valence-corrected chi connectivity index (χ3v) is 3.80. The van der Waals surface area contributed by atoms with Crippen molar-refractivity contribution in [1.29, 1.82) is 0 Å². The Morgan fingerprint density at radius 2 is 2.22 bits per heavy atom. The Bertz CT molecular complexity index is 356. The molecule has 0 aliphatic carbocycles. The van der Waals surface area contributed by atoms with Gasteiger partial charge in [0.05, 0.1) is 0 Å². The first-order valence-corrected chi connectivity index (χ1v) is 7.02. The molecule has 0 atom stereocenters. The van der Waals surface area contributed by atoms with Crippen LogP contribution in [0.1, 0.15) is 30.8 Å². The summed E-state index contributed by atoms with van der Waals surface area (Å²) in [6.07, 6.45) is 6.76. The van der Waals surface area contributed by atoms with Crippen molar-refractivity contribution in [2.24, 2.45) is 5.92 Å². The van der Waals surface area contributed by atoms with Crippen molar-refractivity contribution in [2.45, 2.75) is 39.2 Å². The normalized spacial score (nSPS) is 17.2. The number of nitrogens with zero attached hydrogens (tertiary/aromatic N) is 2. The van der Waals surface area contributed by atoms with Crippen LogP contribution in [0.25, 0.3) is 0 Å². The molecule has 102 valence electrons. The van der Waals surface area contributed by atoms with Gasteiger partial charge in [-0.2, -0.15) is 0 Å². The van der Waals surface area contributed by atoms with Crippen LogP contribution in [0.2, 0.25) is 0 Å². The van der Waals surface area contributed by atoms with E-state index in [2.05, 4.69) is 21.8 Å². The maximum Gasteiger partial charge on any atom is 0.109 e. The summed E-state index contributed by atoms with van der Waals surface area (Å²) in [6, 6.07) is 0. The van der Waals surface area contributed by atoms with Gasteiger partial charge in [-0.05, 0) is 45.2 Å². The second-order valence-corrected chi connectivity index (χ2v) is 5.21. The van der Waals surface area contributed by atoms with Gasteiger partial charge in [0.1, 0.15) is 5.82 Å². The summed E-state index contributed by atoms with van der Waals surface area (Å²) in [5.74, 6) is 2.06. The van der Waals surface area contributed by atoms with Crippen molar-refractivity contribution in [3.63, 3.8) is 0 Å². The zero-order chi connectivity index (χ0) is 12.8. The molecule has 1 aromatic rings. The average molecular weight is 251 g/mol. The summed E-state index contributed by atoms with van der Waals surface area (Å²) in [4.78, 5) is 4.59. The van der Waals surface area contributed by atoms with Gasteiger partial charge in [0.15, 0.2) is 0 Å². The summed E-state index contributed by atoms with van der Waals surface area (Å²) >= 11 is 0. The molecule has 1 saturated heterocycles. The fourth-order valence-electron chi connectivity index (χ4n) is 2.69. The molecular weight excluding hydrogens is 226 g/mol. The number of aromatic nitrogens is 2. The monoisotopic (exact) mass is 251 g/mol. The molecule has 0 spiro atoms. The molecule has 0 bridgehead atoms. The Balaban J connectivity index is 1.94. The number of rotatable bonds is 6. The number of aryl methyl sites for hydroxylation is 1. The fraction of sp³-hybridized carbons (Fsp3) is 0.786. The number of imidazole rings is 1. The Labute approximate surface area is 110 Å². The summed E-state index contributed by atoms with van der Waals surface area (Å²) in [5, 5.41) is 3.42. The minimum absolute atomic E-state index is 0.800. The Morgan fingerprint density at radius 3 is 2.94 bits per heavy atom. The highest BCUT2D eigenvalue weighted by molar-refractivity contribution is 5.04. The van der Waals surface area contributed by atoms with Crippen LogP contribution in [0.3, 0.4) is 0 Å². The van der Waals surface area contributed by atoms with E-state index in [0.717, 1.165) is 45.0 Å². The first kappa shape index (κ1) is 13.6. The lowest BCUT2D eigenvalue weighted by Crippen LogP contribution is -2.29. The van der Waals surface area contributed by atoms with Gasteiger partial charge in [-0.25, -0.2) is 4.98 Å². The largest absolute Gasteiger partial charge is 0.385 e. The van der Waals surface area contributed by atoms with Gasteiger partial charge in [0.2, 0.25) is 0 Å². The molecule has 4 heteroatoms. The van der Waals surface area contributed by atoms with E-state index in [1.54, 1.807) is 7.11 Å². The zero-order valence-corrected chi connectivity index (χ0v) is 11.6. The molecule has 0 saturated carbocycles. The number of ether oxygens (including phenoxy) is 1. The standard InChI is InChI=1S/C14H25N3O/c1-12-11-16-14(17(12)8-3-9-18-2)10-13-4-6-15-7-5-13/h11,13,15H,3-10H2,1-2H3. The van der Waals surface area contributed by atoms with E-state index in [-0.39, 0.29) is 0 Å². The van der Waals surface area contributed by atoms with Crippen LogP contribution in [0, 0.1) is 12.8 Å². The van der Waals surface area contributed by atoms with Crippen molar-refractivity contribution in [3.8, 4) is 0 Å². The van der Waals surface area contributed by atoms with Crippen molar-refractivity contribution in [2.75, 3.05) is 26.8 Å². The number of hydrogen-bond acceptors (Lipinski definition) is 3. The summed E-state index contributed by atoms with van der Waals surface area (Å²) in [6.45, 7) is 6.32. The Kier molecular flexibility index (Phi) is 5.20. The minimum atomic E-state index is 0.800. The highest BCUT2D eigenvalue weighted by atomic mass is 16.5. The molecule has 0 radical (unpaired) electrons. The quantitative estimate of drug-likeness (QED) is 0.783. The van der Waals surface area contributed by atoms with Crippen LogP contribution in [0.4, 0.5) is 0 Å². The van der Waals surface area contributed by atoms with E-state index < -0.39 is 0 Å². The topological polar surface area (TPSA) is 39.1 Å². The van der Waals surface area contributed by atoms with Gasteiger partial charge < -0.3 is 14.6 Å². The van der Waals surface area contributed by atoms with Crippen LogP contribution >= 0.6 is 0 Å². The molecule has 18 heavy (non-hydrogen) atoms. The summed E-state index contributed by atoms with van der Waals surface area (Å²) in [7, 11) is 1.76. The maximum atomic E-state index is 5.13. The molecule has 1 aromatic heterocycles.